The van der Waals surface area contributed by atoms with Crippen LogP contribution in [0.2, 0.25) is 0 Å². The van der Waals surface area contributed by atoms with Crippen LogP contribution in [0.5, 0.6) is 0 Å². The molecule has 3 heterocycles. The number of aromatic amines is 2. The summed E-state index contributed by atoms with van der Waals surface area (Å²) in [6, 6.07) is 6.67. The molecule has 0 amide bonds. The molecule has 1 fully saturated rings. The van der Waals surface area contributed by atoms with Crippen molar-refractivity contribution in [3.63, 3.8) is 0 Å². The summed E-state index contributed by atoms with van der Waals surface area (Å²) in [5.41, 5.74) is 5.60. The Morgan fingerprint density at radius 3 is 3.16 bits per heavy atom. The van der Waals surface area contributed by atoms with Gasteiger partial charge < -0.3 is 10.3 Å². The number of benzene rings is 1. The molecule has 0 aliphatic carbocycles. The fourth-order valence-corrected chi connectivity index (χ4v) is 2.83. The summed E-state index contributed by atoms with van der Waals surface area (Å²) in [7, 11) is 0. The van der Waals surface area contributed by atoms with Crippen LogP contribution in [0.15, 0.2) is 30.7 Å². The summed E-state index contributed by atoms with van der Waals surface area (Å²) in [6.45, 7) is 1.09. The number of hydrogen-bond donors (Lipinski definition) is 3. The number of imidazole rings is 1. The Kier molecular flexibility index (Phi) is 2.38. The SMILES string of the molecule is c1nc2ccc(-c3cn[nH]c3C3CCCN3)cc2[nH]1. The molecule has 5 heteroatoms. The highest BCUT2D eigenvalue weighted by atomic mass is 15.1. The average molecular weight is 253 g/mol. The Morgan fingerprint density at radius 1 is 1.26 bits per heavy atom. The molecule has 0 spiro atoms. The van der Waals surface area contributed by atoms with Crippen molar-refractivity contribution in [3.05, 3.63) is 36.4 Å². The maximum Gasteiger partial charge on any atom is 0.0931 e. The summed E-state index contributed by atoms with van der Waals surface area (Å²) in [4.78, 5) is 7.40. The molecule has 1 unspecified atom stereocenters. The molecule has 1 aliphatic heterocycles. The van der Waals surface area contributed by atoms with Crippen LogP contribution in [-0.4, -0.2) is 26.7 Å². The minimum absolute atomic E-state index is 0.398. The van der Waals surface area contributed by atoms with Crippen molar-refractivity contribution in [1.29, 1.82) is 0 Å². The van der Waals surface area contributed by atoms with Crippen LogP contribution in [0, 0.1) is 0 Å². The van der Waals surface area contributed by atoms with Crippen molar-refractivity contribution >= 4 is 11.0 Å². The third-order valence-corrected chi connectivity index (χ3v) is 3.81. The van der Waals surface area contributed by atoms with Gasteiger partial charge in [0.25, 0.3) is 0 Å². The van der Waals surface area contributed by atoms with Gasteiger partial charge in [-0.2, -0.15) is 5.10 Å². The van der Waals surface area contributed by atoms with E-state index in [2.05, 4.69) is 37.6 Å². The van der Waals surface area contributed by atoms with E-state index in [1.54, 1.807) is 6.33 Å². The summed E-state index contributed by atoms with van der Waals surface area (Å²) in [6.07, 6.45) is 6.03. The van der Waals surface area contributed by atoms with Crippen molar-refractivity contribution in [1.82, 2.24) is 25.5 Å². The van der Waals surface area contributed by atoms with E-state index in [1.165, 1.54) is 29.7 Å². The fourth-order valence-electron chi connectivity index (χ4n) is 2.83. The van der Waals surface area contributed by atoms with E-state index in [-0.39, 0.29) is 0 Å². The van der Waals surface area contributed by atoms with Crippen molar-refractivity contribution in [2.45, 2.75) is 18.9 Å². The lowest BCUT2D eigenvalue weighted by molar-refractivity contribution is 0.626. The van der Waals surface area contributed by atoms with Crippen LogP contribution >= 0.6 is 0 Å². The van der Waals surface area contributed by atoms with Crippen LogP contribution in [0.4, 0.5) is 0 Å². The van der Waals surface area contributed by atoms with E-state index in [4.69, 9.17) is 0 Å². The van der Waals surface area contributed by atoms with E-state index in [9.17, 15) is 0 Å². The molecule has 1 aromatic carbocycles. The van der Waals surface area contributed by atoms with Gasteiger partial charge >= 0.3 is 0 Å². The summed E-state index contributed by atoms with van der Waals surface area (Å²) >= 11 is 0. The number of rotatable bonds is 2. The molecule has 2 aromatic heterocycles. The number of aromatic nitrogens is 4. The Bertz CT molecular complexity index is 705. The second-order valence-electron chi connectivity index (χ2n) is 4.98. The molecule has 0 bridgehead atoms. The van der Waals surface area contributed by atoms with E-state index < -0.39 is 0 Å². The van der Waals surface area contributed by atoms with Crippen LogP contribution < -0.4 is 5.32 Å². The highest BCUT2D eigenvalue weighted by Crippen LogP contribution is 2.31. The van der Waals surface area contributed by atoms with E-state index >= 15 is 0 Å². The lowest BCUT2D eigenvalue weighted by Gasteiger charge is -2.10. The number of nitrogens with zero attached hydrogens (tertiary/aromatic N) is 2. The first-order valence-electron chi connectivity index (χ1n) is 6.62. The van der Waals surface area contributed by atoms with Crippen molar-refractivity contribution < 1.29 is 0 Å². The zero-order chi connectivity index (χ0) is 12.7. The van der Waals surface area contributed by atoms with Crippen molar-refractivity contribution in [2.75, 3.05) is 6.54 Å². The third kappa shape index (κ3) is 1.74. The topological polar surface area (TPSA) is 69.4 Å². The first-order valence-corrected chi connectivity index (χ1v) is 6.62. The van der Waals surface area contributed by atoms with Crippen molar-refractivity contribution in [3.8, 4) is 11.1 Å². The zero-order valence-corrected chi connectivity index (χ0v) is 10.5. The Morgan fingerprint density at radius 2 is 2.26 bits per heavy atom. The lowest BCUT2D eigenvalue weighted by Crippen LogP contribution is -2.14. The van der Waals surface area contributed by atoms with Gasteiger partial charge in [0.05, 0.1) is 29.3 Å². The summed E-state index contributed by atoms with van der Waals surface area (Å²) < 4.78 is 0. The number of H-pyrrole nitrogens is 2. The maximum absolute atomic E-state index is 4.25. The molecule has 5 nitrogen and oxygen atoms in total. The molecule has 4 rings (SSSR count). The quantitative estimate of drug-likeness (QED) is 0.656. The minimum atomic E-state index is 0.398. The van der Waals surface area contributed by atoms with Crippen LogP contribution in [0.25, 0.3) is 22.2 Å². The van der Waals surface area contributed by atoms with Crippen molar-refractivity contribution in [2.24, 2.45) is 0 Å². The standard InChI is InChI=1S/C14H15N5/c1-2-12(15-5-1)14-10(7-18-19-14)9-3-4-11-13(6-9)17-8-16-11/h3-4,6-8,12,15H,1-2,5H2,(H,16,17)(H,18,19). The third-order valence-electron chi connectivity index (χ3n) is 3.81. The van der Waals surface area contributed by atoms with E-state index in [0.717, 1.165) is 17.6 Å². The van der Waals surface area contributed by atoms with Crippen LogP contribution in [0.1, 0.15) is 24.6 Å². The highest BCUT2D eigenvalue weighted by molar-refractivity contribution is 5.82. The van der Waals surface area contributed by atoms with Gasteiger partial charge in [-0.15, -0.1) is 0 Å². The molecule has 1 aliphatic rings. The van der Waals surface area contributed by atoms with Gasteiger partial charge in [-0.1, -0.05) is 6.07 Å². The first kappa shape index (κ1) is 10.8. The summed E-state index contributed by atoms with van der Waals surface area (Å²) in [5, 5.41) is 10.9. The van der Waals surface area contributed by atoms with Gasteiger partial charge in [0.15, 0.2) is 0 Å². The Hall–Kier alpha value is -2.14. The molecule has 3 aromatic rings. The first-order chi connectivity index (χ1) is 9.42. The Labute approximate surface area is 110 Å². The average Bonchev–Trinajstić information content (AvgIpc) is 3.18. The molecular weight excluding hydrogens is 238 g/mol. The number of nitrogens with one attached hydrogen (secondary N) is 3. The molecule has 0 radical (unpaired) electrons. The predicted molar refractivity (Wildman–Crippen MR) is 73.7 cm³/mol. The minimum Gasteiger partial charge on any atom is -0.345 e. The molecule has 0 saturated carbocycles. The molecule has 3 N–H and O–H groups in total. The van der Waals surface area contributed by atoms with Gasteiger partial charge in [0.2, 0.25) is 0 Å². The normalized spacial score (nSPS) is 19.3. The summed E-state index contributed by atoms with van der Waals surface area (Å²) in [5.74, 6) is 0. The highest BCUT2D eigenvalue weighted by Gasteiger charge is 2.21. The van der Waals surface area contributed by atoms with Gasteiger partial charge in [-0.3, -0.25) is 5.10 Å². The fraction of sp³-hybridized carbons (Fsp3) is 0.286. The van der Waals surface area contributed by atoms with Gasteiger partial charge in [-0.05, 0) is 37.1 Å². The predicted octanol–water partition coefficient (Wildman–Crippen LogP) is 2.38. The van der Waals surface area contributed by atoms with Gasteiger partial charge in [0, 0.05) is 11.6 Å². The van der Waals surface area contributed by atoms with Gasteiger partial charge in [-0.25, -0.2) is 4.98 Å². The molecule has 1 saturated heterocycles. The zero-order valence-electron chi connectivity index (χ0n) is 10.5. The smallest absolute Gasteiger partial charge is 0.0931 e. The Balaban J connectivity index is 1.80. The van der Waals surface area contributed by atoms with E-state index in [1.807, 2.05) is 12.3 Å². The molecule has 1 atom stereocenters. The maximum atomic E-state index is 4.25. The van der Waals surface area contributed by atoms with Gasteiger partial charge in [0.1, 0.15) is 0 Å². The number of hydrogen-bond acceptors (Lipinski definition) is 3. The second-order valence-corrected chi connectivity index (χ2v) is 4.98. The molecule has 19 heavy (non-hydrogen) atoms. The largest absolute Gasteiger partial charge is 0.345 e. The molecular formula is C14H15N5. The monoisotopic (exact) mass is 253 g/mol. The van der Waals surface area contributed by atoms with E-state index in [0.29, 0.717) is 6.04 Å². The van der Waals surface area contributed by atoms with Crippen LogP contribution in [-0.2, 0) is 0 Å². The molecule has 96 valence electrons. The number of fused-ring (bicyclic) bond motifs is 1. The lowest BCUT2D eigenvalue weighted by atomic mass is 10.0. The second kappa shape index (κ2) is 4.20. The van der Waals surface area contributed by atoms with Crippen LogP contribution in [0.3, 0.4) is 0 Å².